The van der Waals surface area contributed by atoms with E-state index in [1.54, 1.807) is 12.1 Å². The van der Waals surface area contributed by atoms with Gasteiger partial charge < -0.3 is 20.1 Å². The molecule has 3 rings (SSSR count). The van der Waals surface area contributed by atoms with E-state index in [4.69, 9.17) is 4.74 Å². The molecule has 0 radical (unpaired) electrons. The van der Waals surface area contributed by atoms with Gasteiger partial charge in [-0.05, 0) is 19.1 Å². The Kier molecular flexibility index (Phi) is 5.31. The van der Waals surface area contributed by atoms with Gasteiger partial charge >= 0.3 is 0 Å². The van der Waals surface area contributed by atoms with Crippen molar-refractivity contribution in [2.24, 2.45) is 0 Å². The van der Waals surface area contributed by atoms with Crippen molar-refractivity contribution in [1.29, 1.82) is 0 Å². The van der Waals surface area contributed by atoms with E-state index in [0.29, 0.717) is 0 Å². The summed E-state index contributed by atoms with van der Waals surface area (Å²) in [6, 6.07) is 7.08. The fourth-order valence-electron chi connectivity index (χ4n) is 2.70. The van der Waals surface area contributed by atoms with Gasteiger partial charge in [-0.25, -0.2) is 13.1 Å². The average molecular weight is 397 g/mol. The molecular formula is C16H19N3O7S. The normalized spacial score (nSPS) is 25.5. The van der Waals surface area contributed by atoms with Crippen molar-refractivity contribution in [2.45, 2.75) is 36.4 Å². The van der Waals surface area contributed by atoms with E-state index in [1.165, 1.54) is 18.3 Å². The second kappa shape index (κ2) is 7.37. The molecule has 146 valence electrons. The largest absolute Gasteiger partial charge is 0.394 e. The van der Waals surface area contributed by atoms with Gasteiger partial charge in [0.2, 0.25) is 5.95 Å². The van der Waals surface area contributed by atoms with Crippen LogP contribution in [-0.2, 0) is 14.8 Å². The molecule has 10 nitrogen and oxygen atoms in total. The molecular weight excluding hydrogens is 378 g/mol. The lowest BCUT2D eigenvalue weighted by Gasteiger charge is -2.21. The number of benzene rings is 1. The van der Waals surface area contributed by atoms with Gasteiger partial charge in [0, 0.05) is 12.3 Å². The Morgan fingerprint density at radius 2 is 1.85 bits per heavy atom. The van der Waals surface area contributed by atoms with Crippen molar-refractivity contribution in [3.8, 4) is 0 Å². The molecule has 2 aromatic rings. The number of aliphatic hydroxyl groups excluding tert-OH is 3. The maximum absolute atomic E-state index is 12.6. The fourth-order valence-corrected chi connectivity index (χ4v) is 3.70. The van der Waals surface area contributed by atoms with Gasteiger partial charge in [-0.3, -0.25) is 9.36 Å². The highest BCUT2D eigenvalue weighted by atomic mass is 32.2. The zero-order valence-electron chi connectivity index (χ0n) is 14.3. The third-order valence-electron chi connectivity index (χ3n) is 4.19. The number of sulfonamides is 1. The maximum Gasteiger partial charge on any atom is 0.274 e. The number of nitrogens with one attached hydrogen (secondary N) is 1. The summed E-state index contributed by atoms with van der Waals surface area (Å²) in [6.07, 6.45) is -3.98. The third kappa shape index (κ3) is 3.87. The highest BCUT2D eigenvalue weighted by Gasteiger charge is 2.44. The van der Waals surface area contributed by atoms with Crippen LogP contribution in [-0.4, -0.2) is 58.2 Å². The average Bonchev–Trinajstić information content (AvgIpc) is 2.90. The minimum absolute atomic E-state index is 0.0427. The van der Waals surface area contributed by atoms with E-state index in [-0.39, 0.29) is 4.90 Å². The smallest absolute Gasteiger partial charge is 0.274 e. The highest BCUT2D eigenvalue weighted by molar-refractivity contribution is 7.92. The molecule has 0 aliphatic carbocycles. The molecule has 2 heterocycles. The van der Waals surface area contributed by atoms with E-state index in [2.05, 4.69) is 9.71 Å². The Morgan fingerprint density at radius 3 is 2.44 bits per heavy atom. The van der Waals surface area contributed by atoms with E-state index < -0.39 is 52.7 Å². The molecule has 4 atom stereocenters. The minimum atomic E-state index is -4.07. The molecule has 27 heavy (non-hydrogen) atoms. The number of anilines is 1. The first-order chi connectivity index (χ1) is 12.7. The van der Waals surface area contributed by atoms with Gasteiger partial charge in [-0.15, -0.1) is 0 Å². The van der Waals surface area contributed by atoms with Crippen molar-refractivity contribution >= 4 is 16.0 Å². The molecule has 0 bridgehead atoms. The number of hydrogen-bond donors (Lipinski definition) is 4. The van der Waals surface area contributed by atoms with Crippen LogP contribution in [0.2, 0.25) is 0 Å². The number of nitrogens with zero attached hydrogens (tertiary/aromatic N) is 2. The van der Waals surface area contributed by atoms with Gasteiger partial charge in [0.05, 0.1) is 11.5 Å². The van der Waals surface area contributed by atoms with Crippen LogP contribution >= 0.6 is 0 Å². The Hall–Kier alpha value is -2.31. The Balaban J connectivity index is 1.98. The number of ether oxygens (including phenoxy) is 1. The van der Waals surface area contributed by atoms with Gasteiger partial charge in [-0.2, -0.15) is 4.98 Å². The molecule has 0 saturated carbocycles. The maximum atomic E-state index is 12.6. The van der Waals surface area contributed by atoms with E-state index in [9.17, 15) is 28.5 Å². The third-order valence-corrected chi connectivity index (χ3v) is 5.53. The molecule has 0 amide bonds. The zero-order chi connectivity index (χ0) is 19.8. The van der Waals surface area contributed by atoms with Crippen LogP contribution in [0.15, 0.2) is 46.2 Å². The second-order valence-electron chi connectivity index (χ2n) is 6.14. The molecule has 1 fully saturated rings. The summed E-state index contributed by atoms with van der Waals surface area (Å²) in [5.41, 5.74) is 0.162. The lowest BCUT2D eigenvalue weighted by molar-refractivity contribution is -0.0523. The predicted molar refractivity (Wildman–Crippen MR) is 93.5 cm³/mol. The van der Waals surface area contributed by atoms with E-state index in [0.717, 1.165) is 16.2 Å². The van der Waals surface area contributed by atoms with Crippen molar-refractivity contribution in [3.05, 3.63) is 52.4 Å². The number of aromatic nitrogens is 2. The van der Waals surface area contributed by atoms with Gasteiger partial charge in [-0.1, -0.05) is 17.7 Å². The van der Waals surface area contributed by atoms with Crippen LogP contribution < -0.4 is 10.3 Å². The molecule has 0 unspecified atom stereocenters. The summed E-state index contributed by atoms with van der Waals surface area (Å²) in [5, 5.41) is 29.3. The number of rotatable bonds is 5. The first-order valence-electron chi connectivity index (χ1n) is 8.04. The topological polar surface area (TPSA) is 151 Å². The molecule has 1 aromatic heterocycles. The van der Waals surface area contributed by atoms with Crippen LogP contribution in [0.25, 0.3) is 0 Å². The standard InChI is InChI=1S/C16H19N3O7S/c1-9-2-4-10(5-3-9)27(24,25)18-16-17-12(21)6-7-19(16)15-14(23)13(22)11(8-20)26-15/h2-7,11,13-15,20,22-23H,8H2,1H3,(H,17,18,21)/t11-,13-,14+,15-/m1/s1. The Bertz CT molecular complexity index is 974. The minimum Gasteiger partial charge on any atom is -0.394 e. The van der Waals surface area contributed by atoms with Crippen molar-refractivity contribution in [3.63, 3.8) is 0 Å². The van der Waals surface area contributed by atoms with Crippen molar-refractivity contribution in [2.75, 3.05) is 11.3 Å². The fraction of sp³-hybridized carbons (Fsp3) is 0.375. The second-order valence-corrected chi connectivity index (χ2v) is 7.83. The van der Waals surface area contributed by atoms with E-state index in [1.807, 2.05) is 6.92 Å². The Labute approximate surface area is 154 Å². The summed E-state index contributed by atoms with van der Waals surface area (Å²) in [7, 11) is -4.07. The molecule has 11 heteroatoms. The molecule has 1 aromatic carbocycles. The molecule has 1 saturated heterocycles. The first kappa shape index (κ1) is 19.5. The summed E-state index contributed by atoms with van der Waals surface area (Å²) in [4.78, 5) is 15.2. The van der Waals surface area contributed by atoms with Crippen molar-refractivity contribution in [1.82, 2.24) is 9.55 Å². The van der Waals surface area contributed by atoms with Crippen LogP contribution in [0.5, 0.6) is 0 Å². The van der Waals surface area contributed by atoms with Crippen LogP contribution in [0.3, 0.4) is 0 Å². The summed E-state index contributed by atoms with van der Waals surface area (Å²) in [6.45, 7) is 1.26. The first-order valence-corrected chi connectivity index (χ1v) is 9.52. The lowest BCUT2D eigenvalue weighted by atomic mass is 10.1. The number of aliphatic hydroxyl groups is 3. The monoisotopic (exact) mass is 397 g/mol. The molecule has 4 N–H and O–H groups in total. The van der Waals surface area contributed by atoms with Crippen LogP contribution in [0.1, 0.15) is 11.8 Å². The highest BCUT2D eigenvalue weighted by Crippen LogP contribution is 2.31. The molecule has 1 aliphatic rings. The number of aryl methyl sites for hydroxylation is 1. The van der Waals surface area contributed by atoms with Gasteiger partial charge in [0.1, 0.15) is 18.3 Å². The summed E-state index contributed by atoms with van der Waals surface area (Å²) < 4.78 is 33.8. The zero-order valence-corrected chi connectivity index (χ0v) is 15.1. The number of hydrogen-bond acceptors (Lipinski definition) is 8. The quantitative estimate of drug-likeness (QED) is 0.500. The van der Waals surface area contributed by atoms with Gasteiger partial charge in [0.15, 0.2) is 6.23 Å². The SMILES string of the molecule is Cc1ccc(S(=O)(=O)Nc2nc(=O)ccn2[C@@H]2O[C@H](CO)[C@@H](O)[C@@H]2O)cc1. The molecule has 1 aliphatic heterocycles. The lowest BCUT2D eigenvalue weighted by Crippen LogP contribution is -2.34. The van der Waals surface area contributed by atoms with Gasteiger partial charge in [0.25, 0.3) is 15.6 Å². The summed E-state index contributed by atoms with van der Waals surface area (Å²) in [5.74, 6) is -0.391. The predicted octanol–water partition coefficient (Wildman–Crippen LogP) is -1.04. The van der Waals surface area contributed by atoms with Crippen LogP contribution in [0.4, 0.5) is 5.95 Å². The van der Waals surface area contributed by atoms with Crippen molar-refractivity contribution < 1.29 is 28.5 Å². The summed E-state index contributed by atoms with van der Waals surface area (Å²) >= 11 is 0. The van der Waals surface area contributed by atoms with E-state index >= 15 is 0 Å². The molecule has 0 spiro atoms. The van der Waals surface area contributed by atoms with Crippen LogP contribution in [0, 0.1) is 6.92 Å². The Morgan fingerprint density at radius 1 is 1.19 bits per heavy atom.